The zero-order valence-electron chi connectivity index (χ0n) is 19.0. The van der Waals surface area contributed by atoms with Crippen LogP contribution in [0.3, 0.4) is 0 Å². The van der Waals surface area contributed by atoms with E-state index in [2.05, 4.69) is 10.3 Å². The number of nitrogens with one attached hydrogen (secondary N) is 1. The van der Waals surface area contributed by atoms with Crippen molar-refractivity contribution < 1.29 is 19.0 Å². The summed E-state index contributed by atoms with van der Waals surface area (Å²) in [6.45, 7) is 2.87. The molecule has 2 aromatic carbocycles. The minimum absolute atomic E-state index is 0.149. The van der Waals surface area contributed by atoms with E-state index in [1.807, 2.05) is 66.2 Å². The second kappa shape index (κ2) is 10.1. The van der Waals surface area contributed by atoms with Crippen molar-refractivity contribution in [3.05, 3.63) is 89.4 Å². The molecule has 0 unspecified atom stereocenters. The number of benzene rings is 2. The van der Waals surface area contributed by atoms with E-state index >= 15 is 0 Å². The molecule has 0 saturated carbocycles. The van der Waals surface area contributed by atoms with Gasteiger partial charge in [0.2, 0.25) is 0 Å². The van der Waals surface area contributed by atoms with Gasteiger partial charge in [0.15, 0.2) is 11.5 Å². The summed E-state index contributed by atoms with van der Waals surface area (Å²) >= 11 is 0. The number of hydrogen-bond donors (Lipinski definition) is 1. The van der Waals surface area contributed by atoms with Crippen molar-refractivity contribution in [1.29, 1.82) is 0 Å². The molecular weight excluding hydrogens is 418 g/mol. The summed E-state index contributed by atoms with van der Waals surface area (Å²) in [4.78, 5) is 17.2. The number of fused-ring (bicyclic) bond motifs is 1. The lowest BCUT2D eigenvalue weighted by molar-refractivity contribution is 0.0953. The molecule has 0 aliphatic heterocycles. The summed E-state index contributed by atoms with van der Waals surface area (Å²) in [5.41, 5.74) is 4.46. The fourth-order valence-electron chi connectivity index (χ4n) is 3.57. The highest BCUT2D eigenvalue weighted by atomic mass is 16.5. The molecule has 7 nitrogen and oxygen atoms in total. The smallest absolute Gasteiger partial charge is 0.251 e. The number of carbonyl (C=O) groups is 1. The molecule has 2 heterocycles. The Balaban J connectivity index is 1.32. The average molecular weight is 446 g/mol. The molecule has 0 radical (unpaired) electrons. The Hall–Kier alpha value is -4.00. The molecule has 1 N–H and O–H groups in total. The van der Waals surface area contributed by atoms with Crippen molar-refractivity contribution >= 4 is 11.6 Å². The van der Waals surface area contributed by atoms with Gasteiger partial charge in [-0.25, -0.2) is 4.98 Å². The first-order valence-electron chi connectivity index (χ1n) is 10.7. The van der Waals surface area contributed by atoms with Crippen LogP contribution in [0.4, 0.5) is 0 Å². The minimum atomic E-state index is -0.149. The third-order valence-electron chi connectivity index (χ3n) is 5.28. The predicted octanol–water partition coefficient (Wildman–Crippen LogP) is 4.21. The molecule has 33 heavy (non-hydrogen) atoms. The molecule has 0 bridgehead atoms. The van der Waals surface area contributed by atoms with E-state index < -0.39 is 0 Å². The van der Waals surface area contributed by atoms with Crippen molar-refractivity contribution in [2.75, 3.05) is 20.8 Å². The summed E-state index contributed by atoms with van der Waals surface area (Å²) in [7, 11) is 3.21. The predicted molar refractivity (Wildman–Crippen MR) is 126 cm³/mol. The number of carbonyl (C=O) groups excluding carboxylic acids is 1. The molecule has 7 heteroatoms. The van der Waals surface area contributed by atoms with Crippen LogP contribution in [0, 0.1) is 6.92 Å². The SMILES string of the molecule is COc1ccc(CCNC(=O)c2cccc(OCc3cn4cc(C)ccc4n3)c2)cc1OC. The van der Waals surface area contributed by atoms with E-state index in [1.165, 1.54) is 0 Å². The highest BCUT2D eigenvalue weighted by molar-refractivity contribution is 5.94. The molecule has 170 valence electrons. The van der Waals surface area contributed by atoms with E-state index in [-0.39, 0.29) is 5.91 Å². The number of amides is 1. The fourth-order valence-corrected chi connectivity index (χ4v) is 3.57. The number of aromatic nitrogens is 2. The van der Waals surface area contributed by atoms with Crippen LogP contribution in [0.5, 0.6) is 17.2 Å². The Morgan fingerprint density at radius 2 is 1.85 bits per heavy atom. The van der Waals surface area contributed by atoms with Crippen LogP contribution in [-0.2, 0) is 13.0 Å². The van der Waals surface area contributed by atoms with Crippen LogP contribution in [-0.4, -0.2) is 36.1 Å². The van der Waals surface area contributed by atoms with Crippen LogP contribution in [0.25, 0.3) is 5.65 Å². The molecule has 0 atom stereocenters. The first kappa shape index (κ1) is 22.2. The van der Waals surface area contributed by atoms with Gasteiger partial charge in [0.1, 0.15) is 18.0 Å². The van der Waals surface area contributed by atoms with Gasteiger partial charge in [-0.2, -0.15) is 0 Å². The van der Waals surface area contributed by atoms with Gasteiger partial charge in [0.05, 0.1) is 19.9 Å². The molecule has 0 aliphatic rings. The summed E-state index contributed by atoms with van der Waals surface area (Å²) in [6, 6.07) is 16.9. The molecule has 2 aromatic heterocycles. The van der Waals surface area contributed by atoms with Gasteiger partial charge >= 0.3 is 0 Å². The number of imidazole rings is 1. The van der Waals surface area contributed by atoms with E-state index in [4.69, 9.17) is 14.2 Å². The maximum atomic E-state index is 12.6. The third-order valence-corrected chi connectivity index (χ3v) is 5.28. The fraction of sp³-hybridized carbons (Fsp3) is 0.231. The zero-order chi connectivity index (χ0) is 23.2. The lowest BCUT2D eigenvalue weighted by Crippen LogP contribution is -2.25. The Kier molecular flexibility index (Phi) is 6.78. The molecular formula is C26H27N3O4. The lowest BCUT2D eigenvalue weighted by atomic mass is 10.1. The van der Waals surface area contributed by atoms with E-state index in [1.54, 1.807) is 26.4 Å². The molecule has 1 amide bonds. The van der Waals surface area contributed by atoms with Crippen molar-refractivity contribution in [3.63, 3.8) is 0 Å². The highest BCUT2D eigenvalue weighted by Gasteiger charge is 2.09. The lowest BCUT2D eigenvalue weighted by Gasteiger charge is -2.10. The molecule has 4 rings (SSSR count). The first-order valence-corrected chi connectivity index (χ1v) is 10.7. The van der Waals surface area contributed by atoms with Crippen molar-refractivity contribution in [3.8, 4) is 17.2 Å². The van der Waals surface area contributed by atoms with Crippen LogP contribution in [0.1, 0.15) is 27.2 Å². The third kappa shape index (κ3) is 5.44. The topological polar surface area (TPSA) is 74.1 Å². The van der Waals surface area contributed by atoms with Gasteiger partial charge < -0.3 is 23.9 Å². The van der Waals surface area contributed by atoms with E-state index in [9.17, 15) is 4.79 Å². The largest absolute Gasteiger partial charge is 0.493 e. The summed E-state index contributed by atoms with van der Waals surface area (Å²) in [5, 5.41) is 2.96. The summed E-state index contributed by atoms with van der Waals surface area (Å²) < 4.78 is 18.5. The monoisotopic (exact) mass is 445 g/mol. The van der Waals surface area contributed by atoms with Crippen LogP contribution in [0.2, 0.25) is 0 Å². The Morgan fingerprint density at radius 3 is 2.67 bits per heavy atom. The molecule has 0 saturated heterocycles. The number of methoxy groups -OCH3 is 2. The number of rotatable bonds is 9. The summed E-state index contributed by atoms with van der Waals surface area (Å²) in [5.74, 6) is 1.83. The molecule has 0 fully saturated rings. The van der Waals surface area contributed by atoms with Gasteiger partial charge in [-0.3, -0.25) is 4.79 Å². The van der Waals surface area contributed by atoms with E-state index in [0.29, 0.717) is 42.4 Å². The zero-order valence-corrected chi connectivity index (χ0v) is 19.0. The summed E-state index contributed by atoms with van der Waals surface area (Å²) in [6.07, 6.45) is 4.65. The van der Waals surface area contributed by atoms with Gasteiger partial charge in [-0.1, -0.05) is 18.2 Å². The van der Waals surface area contributed by atoms with Gasteiger partial charge in [0, 0.05) is 24.5 Å². The van der Waals surface area contributed by atoms with Crippen molar-refractivity contribution in [2.24, 2.45) is 0 Å². The number of pyridine rings is 1. The molecule has 4 aromatic rings. The van der Waals surface area contributed by atoms with Gasteiger partial charge in [0.25, 0.3) is 5.91 Å². The maximum Gasteiger partial charge on any atom is 0.251 e. The Morgan fingerprint density at radius 1 is 1.00 bits per heavy atom. The standard InChI is InChI=1S/C26H27N3O4/c1-18-7-10-25-28-21(16-29(25)15-18)17-33-22-6-4-5-20(14-22)26(30)27-12-11-19-8-9-23(31-2)24(13-19)32-3/h4-10,13-16H,11-12,17H2,1-3H3,(H,27,30). The highest BCUT2D eigenvalue weighted by Crippen LogP contribution is 2.27. The number of hydrogen-bond acceptors (Lipinski definition) is 5. The average Bonchev–Trinajstić information content (AvgIpc) is 3.24. The van der Waals surface area contributed by atoms with Crippen molar-refractivity contribution in [2.45, 2.75) is 20.0 Å². The maximum absolute atomic E-state index is 12.6. The number of aryl methyl sites for hydroxylation is 1. The molecule has 0 aliphatic carbocycles. The van der Waals surface area contributed by atoms with Crippen LogP contribution >= 0.6 is 0 Å². The van der Waals surface area contributed by atoms with Crippen LogP contribution < -0.4 is 19.5 Å². The second-order valence-corrected chi connectivity index (χ2v) is 7.72. The first-order chi connectivity index (χ1) is 16.1. The Labute approximate surface area is 192 Å². The minimum Gasteiger partial charge on any atom is -0.493 e. The normalized spacial score (nSPS) is 10.8. The van der Waals surface area contributed by atoms with Gasteiger partial charge in [-0.05, 0) is 60.9 Å². The van der Waals surface area contributed by atoms with Crippen molar-refractivity contribution in [1.82, 2.24) is 14.7 Å². The number of nitrogens with zero attached hydrogens (tertiary/aromatic N) is 2. The second-order valence-electron chi connectivity index (χ2n) is 7.72. The van der Waals surface area contributed by atoms with E-state index in [0.717, 1.165) is 22.5 Å². The Bertz CT molecular complexity index is 1270. The number of ether oxygens (including phenoxy) is 3. The van der Waals surface area contributed by atoms with Crippen LogP contribution in [0.15, 0.2) is 67.0 Å². The molecule has 0 spiro atoms. The quantitative estimate of drug-likeness (QED) is 0.418. The van der Waals surface area contributed by atoms with Gasteiger partial charge in [-0.15, -0.1) is 0 Å².